The summed E-state index contributed by atoms with van der Waals surface area (Å²) >= 11 is 0. The van der Waals surface area contributed by atoms with Crippen LogP contribution in [0.4, 0.5) is 0 Å². The fourth-order valence-electron chi connectivity index (χ4n) is 2.59. The van der Waals surface area contributed by atoms with Gasteiger partial charge in [0.25, 0.3) is 0 Å². The molecule has 0 bridgehead atoms. The lowest BCUT2D eigenvalue weighted by atomic mass is 9.79. The number of carbonyl (C=O) groups excluding carboxylic acids is 2. The Kier molecular flexibility index (Phi) is 2.65. The van der Waals surface area contributed by atoms with Gasteiger partial charge in [0.15, 0.2) is 0 Å². The third kappa shape index (κ3) is 1.80. The van der Waals surface area contributed by atoms with Crippen LogP contribution in [0.15, 0.2) is 42.5 Å². The number of hydrogen-bond acceptors (Lipinski definition) is 2. The summed E-state index contributed by atoms with van der Waals surface area (Å²) in [6, 6.07) is 13.1. The molecule has 2 aromatic rings. The van der Waals surface area contributed by atoms with Crippen molar-refractivity contribution in [2.75, 3.05) is 0 Å². The van der Waals surface area contributed by atoms with Crippen LogP contribution in [0, 0.1) is 0 Å². The van der Waals surface area contributed by atoms with Crippen molar-refractivity contribution in [2.45, 2.75) is 26.2 Å². The SMILES string of the molecule is CC(C)(C)c1ccc2c(c1)-c1ccccc1C(=O)C2=O. The first kappa shape index (κ1) is 12.8. The normalized spacial score (nSPS) is 13.9. The van der Waals surface area contributed by atoms with Crippen molar-refractivity contribution in [1.82, 2.24) is 0 Å². The Morgan fingerprint density at radius 3 is 1.85 bits per heavy atom. The van der Waals surface area contributed by atoms with Gasteiger partial charge in [-0.15, -0.1) is 0 Å². The van der Waals surface area contributed by atoms with Crippen LogP contribution in [0.1, 0.15) is 47.1 Å². The Hall–Kier alpha value is -2.22. The molecule has 0 atom stereocenters. The zero-order chi connectivity index (χ0) is 14.5. The average Bonchev–Trinajstić information content (AvgIpc) is 2.43. The molecule has 0 unspecified atom stereocenters. The molecule has 100 valence electrons. The molecule has 2 heteroatoms. The number of carbonyl (C=O) groups is 2. The fourth-order valence-corrected chi connectivity index (χ4v) is 2.59. The van der Waals surface area contributed by atoms with E-state index in [1.54, 1.807) is 18.2 Å². The number of Topliss-reactive ketones (excluding diaryl/α,β-unsaturated/α-hetero) is 2. The second kappa shape index (κ2) is 4.14. The summed E-state index contributed by atoms with van der Waals surface area (Å²) in [6.45, 7) is 6.41. The van der Waals surface area contributed by atoms with Crippen molar-refractivity contribution < 1.29 is 9.59 Å². The van der Waals surface area contributed by atoms with E-state index in [9.17, 15) is 9.59 Å². The smallest absolute Gasteiger partial charge is 0.234 e. The van der Waals surface area contributed by atoms with Crippen LogP contribution in [0.3, 0.4) is 0 Å². The predicted octanol–water partition coefficient (Wildman–Crippen LogP) is 4.03. The van der Waals surface area contributed by atoms with Gasteiger partial charge in [0.1, 0.15) is 0 Å². The quantitative estimate of drug-likeness (QED) is 0.673. The minimum Gasteiger partial charge on any atom is -0.285 e. The predicted molar refractivity (Wildman–Crippen MR) is 79.2 cm³/mol. The van der Waals surface area contributed by atoms with Gasteiger partial charge in [0.05, 0.1) is 0 Å². The molecule has 20 heavy (non-hydrogen) atoms. The highest BCUT2D eigenvalue weighted by atomic mass is 16.2. The monoisotopic (exact) mass is 264 g/mol. The summed E-state index contributed by atoms with van der Waals surface area (Å²) in [5, 5.41) is 0. The maximum absolute atomic E-state index is 12.2. The van der Waals surface area contributed by atoms with E-state index >= 15 is 0 Å². The summed E-state index contributed by atoms with van der Waals surface area (Å²) in [5.41, 5.74) is 3.93. The highest BCUT2D eigenvalue weighted by Gasteiger charge is 2.30. The number of fused-ring (bicyclic) bond motifs is 3. The lowest BCUT2D eigenvalue weighted by molar-refractivity contribution is 0.0815. The Bertz CT molecular complexity index is 733. The lowest BCUT2D eigenvalue weighted by Crippen LogP contribution is -2.22. The molecule has 0 spiro atoms. The molecule has 0 heterocycles. The van der Waals surface area contributed by atoms with Gasteiger partial charge in [0.2, 0.25) is 11.6 Å². The van der Waals surface area contributed by atoms with Crippen molar-refractivity contribution in [2.24, 2.45) is 0 Å². The largest absolute Gasteiger partial charge is 0.285 e. The molecule has 2 nitrogen and oxygen atoms in total. The van der Waals surface area contributed by atoms with Crippen LogP contribution in [-0.4, -0.2) is 11.6 Å². The second-order valence-electron chi connectivity index (χ2n) is 6.21. The molecule has 0 N–H and O–H groups in total. The molecule has 0 radical (unpaired) electrons. The van der Waals surface area contributed by atoms with Crippen molar-refractivity contribution >= 4 is 11.6 Å². The molecular formula is C18H16O2. The lowest BCUT2D eigenvalue weighted by Gasteiger charge is -2.23. The molecule has 0 amide bonds. The number of benzene rings is 2. The zero-order valence-corrected chi connectivity index (χ0v) is 11.9. The Labute approximate surface area is 118 Å². The fraction of sp³-hybridized carbons (Fsp3) is 0.222. The van der Waals surface area contributed by atoms with E-state index in [0.717, 1.165) is 16.7 Å². The maximum Gasteiger partial charge on any atom is 0.234 e. The van der Waals surface area contributed by atoms with Gasteiger partial charge in [-0.2, -0.15) is 0 Å². The van der Waals surface area contributed by atoms with Gasteiger partial charge in [-0.1, -0.05) is 51.1 Å². The minimum atomic E-state index is -0.406. The van der Waals surface area contributed by atoms with Crippen LogP contribution in [0.5, 0.6) is 0 Å². The van der Waals surface area contributed by atoms with E-state index in [0.29, 0.717) is 11.1 Å². The minimum absolute atomic E-state index is 0.00841. The average molecular weight is 264 g/mol. The van der Waals surface area contributed by atoms with E-state index in [1.165, 1.54) is 0 Å². The third-order valence-corrected chi connectivity index (χ3v) is 3.80. The van der Waals surface area contributed by atoms with Gasteiger partial charge < -0.3 is 0 Å². The van der Waals surface area contributed by atoms with Crippen LogP contribution in [0.25, 0.3) is 11.1 Å². The van der Waals surface area contributed by atoms with Crippen molar-refractivity contribution in [1.29, 1.82) is 0 Å². The number of rotatable bonds is 0. The van der Waals surface area contributed by atoms with Crippen LogP contribution >= 0.6 is 0 Å². The summed E-state index contributed by atoms with van der Waals surface area (Å²) in [7, 11) is 0. The molecule has 1 aliphatic carbocycles. The second-order valence-corrected chi connectivity index (χ2v) is 6.21. The molecule has 3 rings (SSSR count). The van der Waals surface area contributed by atoms with Gasteiger partial charge in [0, 0.05) is 11.1 Å². The van der Waals surface area contributed by atoms with Gasteiger partial charge in [-0.3, -0.25) is 9.59 Å². The molecule has 0 saturated heterocycles. The summed E-state index contributed by atoms with van der Waals surface area (Å²) in [4.78, 5) is 24.3. The highest BCUT2D eigenvalue weighted by molar-refractivity contribution is 6.52. The van der Waals surface area contributed by atoms with E-state index in [4.69, 9.17) is 0 Å². The van der Waals surface area contributed by atoms with Crippen LogP contribution < -0.4 is 0 Å². The molecule has 0 fully saturated rings. The highest BCUT2D eigenvalue weighted by Crippen LogP contribution is 2.36. The number of ketones is 2. The van der Waals surface area contributed by atoms with E-state index < -0.39 is 11.6 Å². The van der Waals surface area contributed by atoms with Gasteiger partial charge in [-0.25, -0.2) is 0 Å². The Balaban J connectivity index is 2.32. The molecule has 0 saturated carbocycles. The Morgan fingerprint density at radius 1 is 0.700 bits per heavy atom. The van der Waals surface area contributed by atoms with E-state index in [1.807, 2.05) is 24.3 Å². The molecule has 0 aliphatic heterocycles. The first-order valence-corrected chi connectivity index (χ1v) is 6.72. The van der Waals surface area contributed by atoms with Gasteiger partial charge >= 0.3 is 0 Å². The maximum atomic E-state index is 12.2. The summed E-state index contributed by atoms with van der Waals surface area (Å²) in [6.07, 6.45) is 0. The molecule has 0 aromatic heterocycles. The van der Waals surface area contributed by atoms with Crippen molar-refractivity contribution in [3.05, 3.63) is 59.2 Å². The van der Waals surface area contributed by atoms with Crippen LogP contribution in [-0.2, 0) is 5.41 Å². The summed E-state index contributed by atoms with van der Waals surface area (Å²) < 4.78 is 0. The Morgan fingerprint density at radius 2 is 1.25 bits per heavy atom. The molecule has 1 aliphatic rings. The van der Waals surface area contributed by atoms with Gasteiger partial charge in [-0.05, 0) is 34.2 Å². The zero-order valence-electron chi connectivity index (χ0n) is 11.9. The van der Waals surface area contributed by atoms with E-state index in [2.05, 4.69) is 20.8 Å². The van der Waals surface area contributed by atoms with Crippen molar-refractivity contribution in [3.63, 3.8) is 0 Å². The summed E-state index contributed by atoms with van der Waals surface area (Å²) in [5.74, 6) is -0.809. The molecular weight excluding hydrogens is 248 g/mol. The van der Waals surface area contributed by atoms with E-state index in [-0.39, 0.29) is 5.41 Å². The topological polar surface area (TPSA) is 34.1 Å². The third-order valence-electron chi connectivity index (χ3n) is 3.80. The standard InChI is InChI=1S/C18H16O2/c1-18(2,3)11-8-9-14-15(10-11)12-6-4-5-7-13(12)16(19)17(14)20/h4-10H,1-3H3. The first-order valence-electron chi connectivity index (χ1n) is 6.72. The molecule has 2 aromatic carbocycles. The first-order chi connectivity index (χ1) is 9.39. The van der Waals surface area contributed by atoms with Crippen molar-refractivity contribution in [3.8, 4) is 11.1 Å². The van der Waals surface area contributed by atoms with Crippen LogP contribution in [0.2, 0.25) is 0 Å². The number of hydrogen-bond donors (Lipinski definition) is 0.